The predicted octanol–water partition coefficient (Wildman–Crippen LogP) is 1.58. The second-order valence-electron chi connectivity index (χ2n) is 5.40. The van der Waals surface area contributed by atoms with Crippen LogP contribution in [0.15, 0.2) is 42.7 Å². The third kappa shape index (κ3) is 4.95. The maximum Gasteiger partial charge on any atom is 0.255 e. The lowest BCUT2D eigenvalue weighted by atomic mass is 10.2. The van der Waals surface area contributed by atoms with E-state index in [-0.39, 0.29) is 11.8 Å². The van der Waals surface area contributed by atoms with Crippen molar-refractivity contribution in [3.8, 4) is 0 Å². The van der Waals surface area contributed by atoms with Crippen molar-refractivity contribution in [2.45, 2.75) is 32.9 Å². The molecule has 1 atom stereocenters. The molecule has 0 saturated heterocycles. The molecule has 2 aromatic rings. The summed E-state index contributed by atoms with van der Waals surface area (Å²) >= 11 is 0. The molecular weight excluding hydrogens is 292 g/mol. The number of hydrogen-bond donors (Lipinski definition) is 2. The van der Waals surface area contributed by atoms with Crippen LogP contribution in [0.1, 0.15) is 36.2 Å². The van der Waals surface area contributed by atoms with E-state index in [1.165, 1.54) is 6.20 Å². The molecule has 1 aromatic carbocycles. The molecule has 2 rings (SSSR count). The number of aromatic nitrogens is 2. The highest BCUT2D eigenvalue weighted by atomic mass is 16.2. The van der Waals surface area contributed by atoms with Gasteiger partial charge in [0.25, 0.3) is 5.91 Å². The summed E-state index contributed by atoms with van der Waals surface area (Å²) in [6.45, 7) is 4.84. The van der Waals surface area contributed by atoms with Gasteiger partial charge in [-0.15, -0.1) is 0 Å². The largest absolute Gasteiger partial charge is 0.354 e. The van der Waals surface area contributed by atoms with E-state index in [0.29, 0.717) is 18.7 Å². The van der Waals surface area contributed by atoms with Crippen molar-refractivity contribution in [3.63, 3.8) is 0 Å². The number of nitrogens with zero attached hydrogens (tertiary/aromatic N) is 2. The lowest BCUT2D eigenvalue weighted by molar-refractivity contribution is -0.122. The van der Waals surface area contributed by atoms with Crippen molar-refractivity contribution >= 4 is 11.8 Å². The van der Waals surface area contributed by atoms with Gasteiger partial charge < -0.3 is 10.6 Å². The van der Waals surface area contributed by atoms with Gasteiger partial charge in [0, 0.05) is 12.7 Å². The third-order valence-electron chi connectivity index (χ3n) is 3.37. The minimum absolute atomic E-state index is 0.183. The summed E-state index contributed by atoms with van der Waals surface area (Å²) in [5, 5.41) is 9.62. The molecule has 2 N–H and O–H groups in total. The average molecular weight is 314 g/mol. The summed E-state index contributed by atoms with van der Waals surface area (Å²) < 4.78 is 1.70. The highest BCUT2D eigenvalue weighted by molar-refractivity contribution is 5.97. The van der Waals surface area contributed by atoms with Gasteiger partial charge in [-0.3, -0.25) is 14.3 Å². The summed E-state index contributed by atoms with van der Waals surface area (Å²) in [6.07, 6.45) is 4.05. The quantitative estimate of drug-likeness (QED) is 0.814. The Labute approximate surface area is 135 Å². The van der Waals surface area contributed by atoms with Crippen LogP contribution in [0.4, 0.5) is 0 Å². The zero-order chi connectivity index (χ0) is 16.7. The zero-order valence-electron chi connectivity index (χ0n) is 13.5. The standard InChI is InChI=1S/C17H22N4O2/c1-3-9-18-16(22)13(2)20-17(23)15-10-19-21(12-15)11-14-7-5-4-6-8-14/h4-8,10,12-13H,3,9,11H2,1-2H3,(H,18,22)(H,20,23)/t13-/m1/s1. The molecule has 0 unspecified atom stereocenters. The maximum atomic E-state index is 12.2. The number of rotatable bonds is 7. The van der Waals surface area contributed by atoms with Gasteiger partial charge in [0.15, 0.2) is 0 Å². The molecule has 1 heterocycles. The molecule has 0 spiro atoms. The van der Waals surface area contributed by atoms with Crippen molar-refractivity contribution in [2.75, 3.05) is 6.54 Å². The highest BCUT2D eigenvalue weighted by Crippen LogP contribution is 2.04. The minimum atomic E-state index is -0.577. The lowest BCUT2D eigenvalue weighted by Gasteiger charge is -2.12. The van der Waals surface area contributed by atoms with Crippen LogP contribution < -0.4 is 10.6 Å². The Hall–Kier alpha value is -2.63. The van der Waals surface area contributed by atoms with Gasteiger partial charge in [-0.05, 0) is 18.9 Å². The number of carbonyl (C=O) groups excluding carboxylic acids is 2. The first-order valence-electron chi connectivity index (χ1n) is 7.75. The monoisotopic (exact) mass is 314 g/mol. The first kappa shape index (κ1) is 16.7. The van der Waals surface area contributed by atoms with E-state index in [0.717, 1.165) is 12.0 Å². The number of amides is 2. The zero-order valence-corrected chi connectivity index (χ0v) is 13.5. The Morgan fingerprint density at radius 3 is 2.70 bits per heavy atom. The van der Waals surface area contributed by atoms with Crippen molar-refractivity contribution < 1.29 is 9.59 Å². The number of nitrogens with one attached hydrogen (secondary N) is 2. The van der Waals surface area contributed by atoms with Crippen LogP contribution in [0.5, 0.6) is 0 Å². The normalized spacial score (nSPS) is 11.7. The maximum absolute atomic E-state index is 12.2. The third-order valence-corrected chi connectivity index (χ3v) is 3.37. The highest BCUT2D eigenvalue weighted by Gasteiger charge is 2.17. The second-order valence-corrected chi connectivity index (χ2v) is 5.40. The van der Waals surface area contributed by atoms with Gasteiger partial charge in [-0.2, -0.15) is 5.10 Å². The Balaban J connectivity index is 1.92. The van der Waals surface area contributed by atoms with Crippen LogP contribution in [-0.4, -0.2) is 34.2 Å². The van der Waals surface area contributed by atoms with Crippen LogP contribution in [0, 0.1) is 0 Å². The van der Waals surface area contributed by atoms with Crippen LogP contribution >= 0.6 is 0 Å². The molecule has 0 aliphatic carbocycles. The van der Waals surface area contributed by atoms with Crippen LogP contribution in [-0.2, 0) is 11.3 Å². The molecule has 0 aliphatic rings. The SMILES string of the molecule is CCCNC(=O)[C@@H](C)NC(=O)c1cnn(Cc2ccccc2)c1. The van der Waals surface area contributed by atoms with Gasteiger partial charge >= 0.3 is 0 Å². The second kappa shape index (κ2) is 8.12. The Morgan fingerprint density at radius 1 is 1.26 bits per heavy atom. The Bertz CT molecular complexity index is 652. The molecule has 2 amide bonds. The average Bonchev–Trinajstić information content (AvgIpc) is 3.02. The van der Waals surface area contributed by atoms with Gasteiger partial charge in [0.05, 0.1) is 18.3 Å². The summed E-state index contributed by atoms with van der Waals surface area (Å²) in [7, 11) is 0. The van der Waals surface area contributed by atoms with E-state index in [2.05, 4.69) is 15.7 Å². The van der Waals surface area contributed by atoms with Crippen LogP contribution in [0.25, 0.3) is 0 Å². The molecule has 6 nitrogen and oxygen atoms in total. The van der Waals surface area contributed by atoms with Crippen molar-refractivity contribution in [3.05, 3.63) is 53.9 Å². The fourth-order valence-electron chi connectivity index (χ4n) is 2.08. The molecule has 23 heavy (non-hydrogen) atoms. The van der Waals surface area contributed by atoms with Gasteiger partial charge in [-0.1, -0.05) is 37.3 Å². The van der Waals surface area contributed by atoms with Gasteiger partial charge in [-0.25, -0.2) is 0 Å². The first-order chi connectivity index (χ1) is 11.1. The number of carbonyl (C=O) groups is 2. The fourth-order valence-corrected chi connectivity index (χ4v) is 2.08. The molecule has 6 heteroatoms. The topological polar surface area (TPSA) is 76.0 Å². The Morgan fingerprint density at radius 2 is 2.00 bits per heavy atom. The van der Waals surface area contributed by atoms with E-state index >= 15 is 0 Å². The molecule has 0 aliphatic heterocycles. The lowest BCUT2D eigenvalue weighted by Crippen LogP contribution is -2.44. The van der Waals surface area contributed by atoms with Crippen LogP contribution in [0.2, 0.25) is 0 Å². The fraction of sp³-hybridized carbons (Fsp3) is 0.353. The van der Waals surface area contributed by atoms with E-state index in [9.17, 15) is 9.59 Å². The molecule has 0 fully saturated rings. The smallest absolute Gasteiger partial charge is 0.255 e. The van der Waals surface area contributed by atoms with Crippen LogP contribution in [0.3, 0.4) is 0 Å². The van der Waals surface area contributed by atoms with Crippen molar-refractivity contribution in [1.82, 2.24) is 20.4 Å². The number of benzene rings is 1. The molecule has 1 aromatic heterocycles. The molecular formula is C17H22N4O2. The number of hydrogen-bond acceptors (Lipinski definition) is 3. The summed E-state index contributed by atoms with van der Waals surface area (Å²) in [5.74, 6) is -0.486. The van der Waals surface area contributed by atoms with E-state index in [4.69, 9.17) is 0 Å². The summed E-state index contributed by atoms with van der Waals surface area (Å²) in [6, 6.07) is 9.30. The molecule has 122 valence electrons. The molecule has 0 saturated carbocycles. The van der Waals surface area contributed by atoms with Crippen molar-refractivity contribution in [1.29, 1.82) is 0 Å². The van der Waals surface area contributed by atoms with E-state index in [1.807, 2.05) is 37.3 Å². The molecule has 0 radical (unpaired) electrons. The van der Waals surface area contributed by atoms with Gasteiger partial charge in [0.1, 0.15) is 6.04 Å². The Kier molecular flexibility index (Phi) is 5.91. The summed E-state index contributed by atoms with van der Waals surface area (Å²) in [4.78, 5) is 23.9. The van der Waals surface area contributed by atoms with E-state index in [1.54, 1.807) is 17.8 Å². The van der Waals surface area contributed by atoms with Crippen molar-refractivity contribution in [2.24, 2.45) is 0 Å². The van der Waals surface area contributed by atoms with Gasteiger partial charge in [0.2, 0.25) is 5.91 Å². The minimum Gasteiger partial charge on any atom is -0.354 e. The summed E-state index contributed by atoms with van der Waals surface area (Å²) in [5.41, 5.74) is 1.55. The molecule has 0 bridgehead atoms. The first-order valence-corrected chi connectivity index (χ1v) is 7.75. The van der Waals surface area contributed by atoms with E-state index < -0.39 is 6.04 Å². The predicted molar refractivity (Wildman–Crippen MR) is 88.0 cm³/mol.